The van der Waals surface area contributed by atoms with Crippen molar-refractivity contribution in [3.8, 4) is 28.5 Å². The molecule has 0 spiro atoms. The number of nitrogens with zero attached hydrogens (tertiary/aromatic N) is 7. The van der Waals surface area contributed by atoms with Gasteiger partial charge in [0.1, 0.15) is 5.82 Å². The molecule has 0 amide bonds. The number of benzene rings is 1. The fourth-order valence-corrected chi connectivity index (χ4v) is 4.78. The summed E-state index contributed by atoms with van der Waals surface area (Å²) >= 11 is 0. The van der Waals surface area contributed by atoms with E-state index in [4.69, 9.17) is 0 Å². The maximum atomic E-state index is 13.9. The molecule has 0 unspecified atom stereocenters. The first-order valence-corrected chi connectivity index (χ1v) is 13.1. The highest BCUT2D eigenvalue weighted by atomic mass is 19.4. The standard InChI is InChI=1S/C28H29F3N8O/c1-4-5-8-20-17-39(26-23(28(29,30)31)13-14-37(26)18(2)3)27(40)38(20)16-19-11-12-24(32-15-19)21-9-6-7-10-22(21)25-33-35-36-34-25/h6-7,9-15,17-18H,4-5,8,16H2,1-3H3,(H,33,34,35,36). The average molecular weight is 551 g/mol. The van der Waals surface area contributed by atoms with Crippen molar-refractivity contribution in [1.82, 2.24) is 39.3 Å². The van der Waals surface area contributed by atoms with Crippen LogP contribution in [-0.2, 0) is 19.1 Å². The van der Waals surface area contributed by atoms with Gasteiger partial charge in [-0.3, -0.25) is 14.1 Å². The number of tetrazole rings is 1. The number of pyridine rings is 1. The summed E-state index contributed by atoms with van der Waals surface area (Å²) < 4.78 is 46.0. The van der Waals surface area contributed by atoms with Crippen LogP contribution in [0, 0.1) is 0 Å². The lowest BCUT2D eigenvalue weighted by molar-refractivity contribution is -0.137. The van der Waals surface area contributed by atoms with E-state index < -0.39 is 17.4 Å². The van der Waals surface area contributed by atoms with Crippen LogP contribution in [0.1, 0.15) is 56.5 Å². The summed E-state index contributed by atoms with van der Waals surface area (Å²) in [5.74, 6) is 0.343. The SMILES string of the molecule is CCCCc1cn(-c2c(C(F)(F)F)ccn2C(C)C)c(=O)n1Cc1ccc(-c2ccccc2-c2nnn[nH]2)nc1. The van der Waals surface area contributed by atoms with Gasteiger partial charge >= 0.3 is 11.9 Å². The van der Waals surface area contributed by atoms with E-state index >= 15 is 0 Å². The van der Waals surface area contributed by atoms with Crippen LogP contribution in [0.15, 0.2) is 65.8 Å². The molecule has 4 aromatic heterocycles. The van der Waals surface area contributed by atoms with Gasteiger partial charge in [-0.25, -0.2) is 9.89 Å². The summed E-state index contributed by atoms with van der Waals surface area (Å²) in [5.41, 5.74) is 2.36. The van der Waals surface area contributed by atoms with E-state index in [1.807, 2.05) is 43.3 Å². The molecule has 0 aliphatic heterocycles. The number of nitrogens with one attached hydrogen (secondary N) is 1. The Kier molecular flexibility index (Phi) is 7.42. The predicted octanol–water partition coefficient (Wildman–Crippen LogP) is 5.67. The predicted molar refractivity (Wildman–Crippen MR) is 144 cm³/mol. The van der Waals surface area contributed by atoms with Crippen molar-refractivity contribution in [3.63, 3.8) is 0 Å². The van der Waals surface area contributed by atoms with Crippen LogP contribution >= 0.6 is 0 Å². The van der Waals surface area contributed by atoms with E-state index in [1.54, 1.807) is 26.2 Å². The van der Waals surface area contributed by atoms with Crippen molar-refractivity contribution >= 4 is 0 Å². The van der Waals surface area contributed by atoms with Crippen molar-refractivity contribution < 1.29 is 13.2 Å². The van der Waals surface area contributed by atoms with Gasteiger partial charge in [0.15, 0.2) is 5.82 Å². The largest absolute Gasteiger partial charge is 0.419 e. The van der Waals surface area contributed by atoms with Crippen molar-refractivity contribution in [2.45, 2.75) is 58.8 Å². The molecule has 1 N–H and O–H groups in total. The number of hydrogen-bond donors (Lipinski definition) is 1. The molecule has 5 rings (SSSR count). The summed E-state index contributed by atoms with van der Waals surface area (Å²) in [6.45, 7) is 5.78. The minimum Gasteiger partial charge on any atom is -0.331 e. The summed E-state index contributed by atoms with van der Waals surface area (Å²) in [4.78, 5) is 18.3. The Morgan fingerprint density at radius 3 is 2.45 bits per heavy atom. The molecule has 0 aliphatic rings. The van der Waals surface area contributed by atoms with E-state index in [-0.39, 0.29) is 18.4 Å². The summed E-state index contributed by atoms with van der Waals surface area (Å²) in [5, 5.41) is 14.0. The second-order valence-corrected chi connectivity index (χ2v) is 9.86. The molecule has 0 saturated carbocycles. The van der Waals surface area contributed by atoms with Gasteiger partial charge in [0, 0.05) is 41.5 Å². The molecule has 208 valence electrons. The lowest BCUT2D eigenvalue weighted by Crippen LogP contribution is -2.27. The monoisotopic (exact) mass is 550 g/mol. The maximum absolute atomic E-state index is 13.9. The molecular formula is C28H29F3N8O. The molecular weight excluding hydrogens is 521 g/mol. The molecule has 4 heterocycles. The van der Waals surface area contributed by atoms with Crippen LogP contribution in [0.5, 0.6) is 0 Å². The van der Waals surface area contributed by atoms with Gasteiger partial charge in [0.05, 0.1) is 17.8 Å². The van der Waals surface area contributed by atoms with Crippen LogP contribution in [0.3, 0.4) is 0 Å². The molecule has 0 atom stereocenters. The first kappa shape index (κ1) is 27.1. The summed E-state index contributed by atoms with van der Waals surface area (Å²) in [6, 6.07) is 12.0. The Hall–Kier alpha value is -4.48. The van der Waals surface area contributed by atoms with Crippen molar-refractivity contribution in [2.75, 3.05) is 0 Å². The van der Waals surface area contributed by atoms with Gasteiger partial charge in [-0.05, 0) is 54.8 Å². The zero-order valence-electron chi connectivity index (χ0n) is 22.4. The first-order valence-electron chi connectivity index (χ1n) is 13.1. The fraction of sp³-hybridized carbons (Fsp3) is 0.321. The summed E-state index contributed by atoms with van der Waals surface area (Å²) in [7, 11) is 0. The number of unbranched alkanes of at least 4 members (excludes halogenated alkanes) is 1. The number of rotatable bonds is 9. The van der Waals surface area contributed by atoms with Gasteiger partial charge in [-0.15, -0.1) is 5.10 Å². The van der Waals surface area contributed by atoms with Crippen LogP contribution < -0.4 is 5.69 Å². The van der Waals surface area contributed by atoms with Crippen LogP contribution in [-0.4, -0.2) is 39.3 Å². The average Bonchev–Trinajstić information content (AvgIpc) is 3.68. The third kappa shape index (κ3) is 5.21. The molecule has 0 bridgehead atoms. The first-order chi connectivity index (χ1) is 19.2. The zero-order chi connectivity index (χ0) is 28.4. The number of H-pyrrole nitrogens is 1. The number of imidazole rings is 1. The van der Waals surface area contributed by atoms with Crippen LogP contribution in [0.25, 0.3) is 28.5 Å². The minimum atomic E-state index is -4.60. The molecule has 9 nitrogen and oxygen atoms in total. The highest BCUT2D eigenvalue weighted by molar-refractivity contribution is 5.78. The van der Waals surface area contributed by atoms with Crippen molar-refractivity contribution in [3.05, 3.63) is 88.4 Å². The van der Waals surface area contributed by atoms with Gasteiger partial charge < -0.3 is 4.57 Å². The number of hydrogen-bond acceptors (Lipinski definition) is 5. The Morgan fingerprint density at radius 1 is 1.05 bits per heavy atom. The zero-order valence-corrected chi connectivity index (χ0v) is 22.4. The van der Waals surface area contributed by atoms with E-state index in [0.29, 0.717) is 23.6 Å². The molecule has 0 saturated heterocycles. The van der Waals surface area contributed by atoms with Gasteiger partial charge in [-0.1, -0.05) is 43.7 Å². The molecule has 0 aliphatic carbocycles. The molecule has 12 heteroatoms. The highest BCUT2D eigenvalue weighted by Crippen LogP contribution is 2.36. The van der Waals surface area contributed by atoms with Crippen LogP contribution in [0.4, 0.5) is 13.2 Å². The normalized spacial score (nSPS) is 12.0. The quantitative estimate of drug-likeness (QED) is 0.255. The highest BCUT2D eigenvalue weighted by Gasteiger charge is 2.37. The van der Waals surface area contributed by atoms with E-state index in [9.17, 15) is 18.0 Å². The van der Waals surface area contributed by atoms with Gasteiger partial charge in [-0.2, -0.15) is 13.2 Å². The minimum absolute atomic E-state index is 0.170. The second kappa shape index (κ2) is 10.9. The number of aromatic nitrogens is 8. The third-order valence-electron chi connectivity index (χ3n) is 6.79. The fourth-order valence-electron chi connectivity index (χ4n) is 4.78. The number of aromatic amines is 1. The summed E-state index contributed by atoms with van der Waals surface area (Å²) in [6.07, 6.45) is 2.25. The third-order valence-corrected chi connectivity index (χ3v) is 6.79. The maximum Gasteiger partial charge on any atom is 0.419 e. The Labute approximate surface area is 228 Å². The van der Waals surface area contributed by atoms with E-state index in [1.165, 1.54) is 15.3 Å². The van der Waals surface area contributed by atoms with Gasteiger partial charge in [0.2, 0.25) is 0 Å². The molecule has 40 heavy (non-hydrogen) atoms. The van der Waals surface area contributed by atoms with E-state index in [2.05, 4.69) is 25.6 Å². The molecule has 5 aromatic rings. The lowest BCUT2D eigenvalue weighted by Gasteiger charge is -2.16. The van der Waals surface area contributed by atoms with Gasteiger partial charge in [0.25, 0.3) is 0 Å². The molecule has 0 fully saturated rings. The topological polar surface area (TPSA) is 99.2 Å². The Bertz CT molecular complexity index is 1640. The van der Waals surface area contributed by atoms with Crippen LogP contribution in [0.2, 0.25) is 0 Å². The second-order valence-electron chi connectivity index (χ2n) is 9.86. The number of aryl methyl sites for hydroxylation is 1. The smallest absolute Gasteiger partial charge is 0.331 e. The number of halogens is 3. The Balaban J connectivity index is 1.53. The Morgan fingerprint density at radius 2 is 1.82 bits per heavy atom. The lowest BCUT2D eigenvalue weighted by atomic mass is 10.0. The molecule has 0 radical (unpaired) electrons. The van der Waals surface area contributed by atoms with E-state index in [0.717, 1.165) is 40.2 Å². The number of alkyl halides is 3. The van der Waals surface area contributed by atoms with Crippen molar-refractivity contribution in [2.24, 2.45) is 0 Å². The molecule has 1 aromatic carbocycles. The van der Waals surface area contributed by atoms with Crippen molar-refractivity contribution in [1.29, 1.82) is 0 Å².